The van der Waals surface area contributed by atoms with E-state index < -0.39 is 11.2 Å². The first kappa shape index (κ1) is 21.3. The molecule has 0 N–H and O–H groups in total. The summed E-state index contributed by atoms with van der Waals surface area (Å²) in [5.74, 6) is -0.132. The van der Waals surface area contributed by atoms with Crippen LogP contribution in [0.3, 0.4) is 0 Å². The van der Waals surface area contributed by atoms with Crippen LogP contribution in [0.4, 0.5) is 0 Å². The van der Waals surface area contributed by atoms with Gasteiger partial charge in [-0.2, -0.15) is 4.98 Å². The molecule has 0 aliphatic carbocycles. The monoisotopic (exact) mass is 444 g/mol. The summed E-state index contributed by atoms with van der Waals surface area (Å²) < 4.78 is 3.64. The summed E-state index contributed by atoms with van der Waals surface area (Å²) in [5, 5.41) is 0.0136. The van der Waals surface area contributed by atoms with Crippen molar-refractivity contribution < 1.29 is 4.79 Å². The van der Waals surface area contributed by atoms with E-state index in [4.69, 9.17) is 11.6 Å². The second-order valence-corrected chi connectivity index (χ2v) is 8.33. The molecule has 0 spiro atoms. The average molecular weight is 445 g/mol. The predicted molar refractivity (Wildman–Crippen MR) is 118 cm³/mol. The van der Waals surface area contributed by atoms with E-state index in [2.05, 4.69) is 41.1 Å². The smallest absolute Gasteiger partial charge is 0.332 e. The summed E-state index contributed by atoms with van der Waals surface area (Å²) in [6.45, 7) is 5.59. The third-order valence-electron chi connectivity index (χ3n) is 5.81. The molecule has 1 fully saturated rings. The molecule has 0 unspecified atom stereocenters. The van der Waals surface area contributed by atoms with Crippen molar-refractivity contribution >= 4 is 28.7 Å². The molecule has 1 aliphatic heterocycles. The Morgan fingerprint density at radius 1 is 1.10 bits per heavy atom. The molecule has 0 saturated carbocycles. The first-order chi connectivity index (χ1) is 14.8. The molecule has 1 amide bonds. The summed E-state index contributed by atoms with van der Waals surface area (Å²) in [7, 11) is 2.91. The van der Waals surface area contributed by atoms with Gasteiger partial charge >= 0.3 is 5.69 Å². The molecular formula is C21H25ClN6O3. The number of rotatable bonds is 4. The zero-order valence-electron chi connectivity index (χ0n) is 17.8. The zero-order valence-corrected chi connectivity index (χ0v) is 18.6. The lowest BCUT2D eigenvalue weighted by Gasteiger charge is -2.35. The fourth-order valence-electron chi connectivity index (χ4n) is 4.02. The molecule has 10 heteroatoms. The van der Waals surface area contributed by atoms with Crippen molar-refractivity contribution in [1.29, 1.82) is 0 Å². The number of fused-ring (bicyclic) bond motifs is 1. The van der Waals surface area contributed by atoms with Crippen LogP contribution >= 0.6 is 11.6 Å². The van der Waals surface area contributed by atoms with Crippen LogP contribution in [0.15, 0.2) is 33.9 Å². The van der Waals surface area contributed by atoms with E-state index in [1.54, 1.807) is 4.90 Å². The van der Waals surface area contributed by atoms with Crippen LogP contribution in [-0.4, -0.2) is 60.6 Å². The molecular weight excluding hydrogens is 420 g/mol. The van der Waals surface area contributed by atoms with Gasteiger partial charge in [0.15, 0.2) is 11.2 Å². The molecule has 3 aromatic rings. The van der Waals surface area contributed by atoms with Crippen LogP contribution in [0.2, 0.25) is 5.28 Å². The molecule has 2 aromatic heterocycles. The van der Waals surface area contributed by atoms with E-state index in [1.165, 1.54) is 34.4 Å². The van der Waals surface area contributed by atoms with Gasteiger partial charge in [0, 0.05) is 46.8 Å². The van der Waals surface area contributed by atoms with Crippen molar-refractivity contribution in [2.24, 2.45) is 14.1 Å². The highest BCUT2D eigenvalue weighted by Crippen LogP contribution is 2.17. The van der Waals surface area contributed by atoms with Gasteiger partial charge in [-0.15, -0.1) is 0 Å². The van der Waals surface area contributed by atoms with Crippen LogP contribution in [-0.2, 0) is 32.0 Å². The molecule has 4 rings (SSSR count). The predicted octanol–water partition coefficient (Wildman–Crippen LogP) is 0.740. The van der Waals surface area contributed by atoms with E-state index in [1.807, 2.05) is 0 Å². The normalized spacial score (nSPS) is 15.0. The number of amides is 1. The number of hydrogen-bond donors (Lipinski definition) is 0. The Kier molecular flexibility index (Phi) is 5.72. The maximum atomic E-state index is 12.9. The number of hydrogen-bond acceptors (Lipinski definition) is 5. The summed E-state index contributed by atoms with van der Waals surface area (Å²) in [5.41, 5.74) is 1.82. The summed E-state index contributed by atoms with van der Waals surface area (Å²) in [6.07, 6.45) is 0. The van der Waals surface area contributed by atoms with Crippen molar-refractivity contribution in [1.82, 2.24) is 28.5 Å². The Morgan fingerprint density at radius 2 is 1.81 bits per heavy atom. The first-order valence-electron chi connectivity index (χ1n) is 10.1. The molecule has 0 atom stereocenters. The largest absolute Gasteiger partial charge is 0.339 e. The lowest BCUT2D eigenvalue weighted by molar-refractivity contribution is -0.133. The Bertz CT molecular complexity index is 1270. The highest BCUT2D eigenvalue weighted by atomic mass is 35.5. The Morgan fingerprint density at radius 3 is 2.48 bits per heavy atom. The molecule has 0 bridgehead atoms. The number of benzene rings is 1. The van der Waals surface area contributed by atoms with Crippen molar-refractivity contribution in [3.05, 3.63) is 61.5 Å². The topological polar surface area (TPSA) is 85.4 Å². The Balaban J connectivity index is 1.47. The van der Waals surface area contributed by atoms with Crippen molar-refractivity contribution in [2.75, 3.05) is 26.2 Å². The second-order valence-electron chi connectivity index (χ2n) is 7.99. The van der Waals surface area contributed by atoms with Gasteiger partial charge in [-0.1, -0.05) is 29.8 Å². The minimum Gasteiger partial charge on any atom is -0.339 e. The molecule has 1 aromatic carbocycles. The van der Waals surface area contributed by atoms with Gasteiger partial charge in [-0.3, -0.25) is 28.2 Å². The van der Waals surface area contributed by atoms with Gasteiger partial charge in [0.05, 0.1) is 0 Å². The standard InChI is InChI=1S/C21H25ClN6O3/c1-14-5-4-6-15(11-14)12-26-7-9-27(10-8-26)16(29)13-28-17-18(23-20(28)22)24(2)21(31)25(3)19(17)30/h4-6,11H,7-10,12-13H2,1-3H3. The summed E-state index contributed by atoms with van der Waals surface area (Å²) in [6, 6.07) is 8.43. The van der Waals surface area contributed by atoms with Gasteiger partial charge in [0.1, 0.15) is 6.54 Å². The van der Waals surface area contributed by atoms with Crippen LogP contribution < -0.4 is 11.2 Å². The third-order valence-corrected chi connectivity index (χ3v) is 6.10. The van der Waals surface area contributed by atoms with Crippen LogP contribution in [0, 0.1) is 6.92 Å². The number of aryl methyl sites for hydroxylation is 2. The molecule has 164 valence electrons. The maximum absolute atomic E-state index is 12.9. The fraction of sp³-hybridized carbons (Fsp3) is 0.429. The molecule has 3 heterocycles. The SMILES string of the molecule is Cc1cccc(CN2CCN(C(=O)Cn3c(Cl)nc4c3c(=O)n(C)c(=O)n4C)CC2)c1. The van der Waals surface area contributed by atoms with Gasteiger partial charge in [-0.05, 0) is 24.1 Å². The van der Waals surface area contributed by atoms with Crippen LogP contribution in [0.1, 0.15) is 11.1 Å². The van der Waals surface area contributed by atoms with Gasteiger partial charge in [-0.25, -0.2) is 4.79 Å². The van der Waals surface area contributed by atoms with Crippen molar-refractivity contribution in [3.63, 3.8) is 0 Å². The Labute approximate surface area is 184 Å². The van der Waals surface area contributed by atoms with E-state index in [9.17, 15) is 14.4 Å². The van der Waals surface area contributed by atoms with Crippen LogP contribution in [0.25, 0.3) is 11.2 Å². The number of piperazine rings is 1. The number of aromatic nitrogens is 4. The van der Waals surface area contributed by atoms with E-state index in [0.717, 1.165) is 24.2 Å². The molecule has 1 saturated heterocycles. The number of carbonyl (C=O) groups excluding carboxylic acids is 1. The lowest BCUT2D eigenvalue weighted by atomic mass is 10.1. The summed E-state index contributed by atoms with van der Waals surface area (Å²) >= 11 is 6.23. The molecule has 0 radical (unpaired) electrons. The number of carbonyl (C=O) groups is 1. The van der Waals surface area contributed by atoms with Crippen molar-refractivity contribution in [3.8, 4) is 0 Å². The lowest BCUT2D eigenvalue weighted by Crippen LogP contribution is -2.49. The van der Waals surface area contributed by atoms with Gasteiger partial charge < -0.3 is 4.90 Å². The minimum atomic E-state index is -0.520. The Hall–Kier alpha value is -2.91. The molecule has 31 heavy (non-hydrogen) atoms. The number of nitrogens with zero attached hydrogens (tertiary/aromatic N) is 6. The number of halogens is 1. The quantitative estimate of drug-likeness (QED) is 0.554. The van der Waals surface area contributed by atoms with E-state index in [-0.39, 0.29) is 28.9 Å². The van der Waals surface area contributed by atoms with Crippen LogP contribution in [0.5, 0.6) is 0 Å². The number of imidazole rings is 1. The average Bonchev–Trinajstić information content (AvgIpc) is 3.07. The van der Waals surface area contributed by atoms with E-state index in [0.29, 0.717) is 13.1 Å². The third kappa shape index (κ3) is 4.03. The maximum Gasteiger partial charge on any atom is 0.332 e. The first-order valence-corrected chi connectivity index (χ1v) is 10.5. The second kappa shape index (κ2) is 8.32. The van der Waals surface area contributed by atoms with Gasteiger partial charge in [0.2, 0.25) is 11.2 Å². The van der Waals surface area contributed by atoms with E-state index >= 15 is 0 Å². The zero-order chi connectivity index (χ0) is 22.3. The summed E-state index contributed by atoms with van der Waals surface area (Å²) in [4.78, 5) is 45.9. The molecule has 1 aliphatic rings. The highest BCUT2D eigenvalue weighted by Gasteiger charge is 2.24. The highest BCUT2D eigenvalue weighted by molar-refractivity contribution is 6.29. The molecule has 9 nitrogen and oxygen atoms in total. The van der Waals surface area contributed by atoms with Gasteiger partial charge in [0.25, 0.3) is 5.56 Å². The fourth-order valence-corrected chi connectivity index (χ4v) is 4.25. The van der Waals surface area contributed by atoms with Crippen molar-refractivity contribution in [2.45, 2.75) is 20.0 Å². The minimum absolute atomic E-state index is 0.0136.